The molecule has 2 heterocycles. The number of hydrogen-bond acceptors (Lipinski definition) is 5. The van der Waals surface area contributed by atoms with Crippen LogP contribution >= 0.6 is 34.0 Å². The maximum Gasteiger partial charge on any atom is 0.228 e. The highest BCUT2D eigenvalue weighted by Crippen LogP contribution is 2.29. The Balaban J connectivity index is 0.00000121. The molecule has 122 valence electrons. The molecular weight excluding hydrogens is 416 g/mol. The van der Waals surface area contributed by atoms with Gasteiger partial charge in [0, 0.05) is 5.92 Å². The maximum atomic E-state index is 12.3. The van der Waals surface area contributed by atoms with E-state index in [0.717, 1.165) is 37.6 Å². The van der Waals surface area contributed by atoms with E-state index in [1.807, 2.05) is 0 Å². The van der Waals surface area contributed by atoms with Crippen molar-refractivity contribution in [1.29, 1.82) is 0 Å². The number of carbonyl (C=O) groups is 1. The van der Waals surface area contributed by atoms with E-state index >= 15 is 0 Å². The molecule has 22 heavy (non-hydrogen) atoms. The molecule has 4 N–H and O–H groups in total. The van der Waals surface area contributed by atoms with E-state index in [-0.39, 0.29) is 45.8 Å². The van der Waals surface area contributed by atoms with Gasteiger partial charge in [-0.05, 0) is 38.1 Å². The van der Waals surface area contributed by atoms with Gasteiger partial charge in [-0.2, -0.15) is 5.10 Å². The second-order valence-corrected chi connectivity index (χ2v) is 5.30. The van der Waals surface area contributed by atoms with Gasteiger partial charge < -0.3 is 11.1 Å². The molecule has 0 atom stereocenters. The maximum absolute atomic E-state index is 12.3. The lowest BCUT2D eigenvalue weighted by Gasteiger charge is -2.26. The SMILES string of the molecule is Br.Br.NCC1CCC(C(=O)Nc2ncnc3[nH]ncc23)CC1. The second-order valence-electron chi connectivity index (χ2n) is 5.30. The molecule has 1 aliphatic carbocycles. The van der Waals surface area contributed by atoms with Crippen molar-refractivity contribution in [3.05, 3.63) is 12.5 Å². The van der Waals surface area contributed by atoms with Gasteiger partial charge in [0.15, 0.2) is 5.65 Å². The summed E-state index contributed by atoms with van der Waals surface area (Å²) < 4.78 is 0. The van der Waals surface area contributed by atoms with Crippen molar-refractivity contribution >= 4 is 56.7 Å². The third-order valence-electron chi connectivity index (χ3n) is 4.04. The van der Waals surface area contributed by atoms with E-state index in [4.69, 9.17) is 5.73 Å². The van der Waals surface area contributed by atoms with E-state index in [9.17, 15) is 4.79 Å². The zero-order chi connectivity index (χ0) is 13.9. The zero-order valence-electron chi connectivity index (χ0n) is 12.0. The number of nitrogens with one attached hydrogen (secondary N) is 2. The Bertz CT molecular complexity index is 611. The summed E-state index contributed by atoms with van der Waals surface area (Å²) in [6, 6.07) is 0. The van der Waals surface area contributed by atoms with Crippen LogP contribution < -0.4 is 11.1 Å². The molecule has 1 aliphatic rings. The minimum Gasteiger partial charge on any atom is -0.330 e. The van der Waals surface area contributed by atoms with Crippen molar-refractivity contribution in [2.75, 3.05) is 11.9 Å². The Morgan fingerprint density at radius 1 is 1.27 bits per heavy atom. The minimum absolute atomic E-state index is 0. The first kappa shape index (κ1) is 19.0. The van der Waals surface area contributed by atoms with E-state index < -0.39 is 0 Å². The summed E-state index contributed by atoms with van der Waals surface area (Å²) >= 11 is 0. The Morgan fingerprint density at radius 3 is 2.68 bits per heavy atom. The third-order valence-corrected chi connectivity index (χ3v) is 4.04. The van der Waals surface area contributed by atoms with Crippen LogP contribution in [0.3, 0.4) is 0 Å². The van der Waals surface area contributed by atoms with Crippen LogP contribution in [0.25, 0.3) is 11.0 Å². The monoisotopic (exact) mass is 434 g/mol. The molecule has 3 rings (SSSR count). The molecule has 0 aliphatic heterocycles. The molecule has 0 bridgehead atoms. The molecule has 2 aromatic heterocycles. The number of rotatable bonds is 3. The number of aromatic nitrogens is 4. The molecule has 9 heteroatoms. The second kappa shape index (κ2) is 8.54. The van der Waals surface area contributed by atoms with Crippen molar-refractivity contribution in [1.82, 2.24) is 20.2 Å². The van der Waals surface area contributed by atoms with Gasteiger partial charge >= 0.3 is 0 Å². The van der Waals surface area contributed by atoms with Gasteiger partial charge in [-0.15, -0.1) is 34.0 Å². The molecule has 1 saturated carbocycles. The molecular formula is C13H20Br2N6O. The van der Waals surface area contributed by atoms with Gasteiger partial charge in [0.2, 0.25) is 5.91 Å². The lowest BCUT2D eigenvalue weighted by Crippen LogP contribution is -2.29. The third kappa shape index (κ3) is 4.02. The van der Waals surface area contributed by atoms with Crippen molar-refractivity contribution in [3.8, 4) is 0 Å². The van der Waals surface area contributed by atoms with Crippen LogP contribution in [-0.4, -0.2) is 32.6 Å². The predicted octanol–water partition coefficient (Wildman–Crippen LogP) is 2.21. The Hall–Kier alpha value is -1.06. The smallest absolute Gasteiger partial charge is 0.228 e. The van der Waals surface area contributed by atoms with E-state index in [1.54, 1.807) is 6.20 Å². The number of nitrogens with zero attached hydrogens (tertiary/aromatic N) is 3. The molecule has 1 fully saturated rings. The Labute approximate surface area is 149 Å². The summed E-state index contributed by atoms with van der Waals surface area (Å²) in [5, 5.41) is 10.3. The fourth-order valence-electron chi connectivity index (χ4n) is 2.74. The first-order valence-corrected chi connectivity index (χ1v) is 6.93. The Kier molecular flexibility index (Phi) is 7.37. The highest BCUT2D eigenvalue weighted by molar-refractivity contribution is 8.93. The van der Waals surface area contributed by atoms with E-state index in [1.165, 1.54) is 6.33 Å². The topological polar surface area (TPSA) is 110 Å². The van der Waals surface area contributed by atoms with Crippen LogP contribution in [0.5, 0.6) is 0 Å². The van der Waals surface area contributed by atoms with Gasteiger partial charge in [0.1, 0.15) is 12.1 Å². The summed E-state index contributed by atoms with van der Waals surface area (Å²) in [5.41, 5.74) is 6.30. The molecule has 0 radical (unpaired) electrons. The normalized spacial score (nSPS) is 20.8. The molecule has 1 amide bonds. The average molecular weight is 436 g/mol. The van der Waals surface area contributed by atoms with Crippen LogP contribution in [0, 0.1) is 11.8 Å². The van der Waals surface area contributed by atoms with Crippen LogP contribution in [0.2, 0.25) is 0 Å². The first-order chi connectivity index (χ1) is 9.78. The lowest BCUT2D eigenvalue weighted by molar-refractivity contribution is -0.121. The number of nitrogens with two attached hydrogens (primary N) is 1. The highest BCUT2D eigenvalue weighted by atomic mass is 79.9. The molecule has 0 aromatic carbocycles. The number of halogens is 2. The first-order valence-electron chi connectivity index (χ1n) is 6.93. The van der Waals surface area contributed by atoms with Crippen LogP contribution in [0.1, 0.15) is 25.7 Å². The number of H-pyrrole nitrogens is 1. The molecule has 2 aromatic rings. The number of aromatic amines is 1. The van der Waals surface area contributed by atoms with Crippen LogP contribution in [-0.2, 0) is 4.79 Å². The zero-order valence-corrected chi connectivity index (χ0v) is 15.4. The number of amides is 1. The van der Waals surface area contributed by atoms with Crippen molar-refractivity contribution in [2.24, 2.45) is 17.6 Å². The summed E-state index contributed by atoms with van der Waals surface area (Å²) in [6.07, 6.45) is 6.89. The van der Waals surface area contributed by atoms with E-state index in [2.05, 4.69) is 25.5 Å². The molecule has 0 saturated heterocycles. The van der Waals surface area contributed by atoms with Crippen molar-refractivity contribution in [3.63, 3.8) is 0 Å². The fraction of sp³-hybridized carbons (Fsp3) is 0.538. The number of fused-ring (bicyclic) bond motifs is 1. The largest absolute Gasteiger partial charge is 0.330 e. The van der Waals surface area contributed by atoms with Crippen LogP contribution in [0.15, 0.2) is 12.5 Å². The summed E-state index contributed by atoms with van der Waals surface area (Å²) in [5.74, 6) is 1.17. The number of anilines is 1. The quantitative estimate of drug-likeness (QED) is 0.684. The number of hydrogen-bond donors (Lipinski definition) is 3. The van der Waals surface area contributed by atoms with Gasteiger partial charge in [0.05, 0.1) is 11.6 Å². The fourth-order valence-corrected chi connectivity index (χ4v) is 2.74. The van der Waals surface area contributed by atoms with Gasteiger partial charge in [0.25, 0.3) is 0 Å². The summed E-state index contributed by atoms with van der Waals surface area (Å²) in [4.78, 5) is 20.5. The summed E-state index contributed by atoms with van der Waals surface area (Å²) in [7, 11) is 0. The molecule has 0 spiro atoms. The van der Waals surface area contributed by atoms with Gasteiger partial charge in [-0.25, -0.2) is 9.97 Å². The number of carbonyl (C=O) groups excluding carboxylic acids is 1. The Morgan fingerprint density at radius 2 is 2.00 bits per heavy atom. The van der Waals surface area contributed by atoms with Gasteiger partial charge in [-0.3, -0.25) is 9.89 Å². The minimum atomic E-state index is 0. The highest BCUT2D eigenvalue weighted by Gasteiger charge is 2.26. The summed E-state index contributed by atoms with van der Waals surface area (Å²) in [6.45, 7) is 0.718. The van der Waals surface area contributed by atoms with Crippen molar-refractivity contribution in [2.45, 2.75) is 25.7 Å². The molecule has 7 nitrogen and oxygen atoms in total. The lowest BCUT2D eigenvalue weighted by atomic mass is 9.81. The standard InChI is InChI=1S/C13H18N6O.2BrH/c14-5-8-1-3-9(4-2-8)13(20)18-11-10-6-17-19-12(10)16-7-15-11;;/h6-9H,1-5,14H2,(H2,15,16,17,18,19,20);2*1H. The van der Waals surface area contributed by atoms with Crippen molar-refractivity contribution < 1.29 is 4.79 Å². The van der Waals surface area contributed by atoms with E-state index in [0.29, 0.717) is 17.4 Å². The predicted molar refractivity (Wildman–Crippen MR) is 95.5 cm³/mol. The molecule has 0 unspecified atom stereocenters. The van der Waals surface area contributed by atoms with Gasteiger partial charge in [-0.1, -0.05) is 0 Å². The van der Waals surface area contributed by atoms with Crippen LogP contribution in [0.4, 0.5) is 5.82 Å². The average Bonchev–Trinajstić information content (AvgIpc) is 2.97.